The maximum Gasteiger partial charge on any atom is 0.223 e. The predicted octanol–water partition coefficient (Wildman–Crippen LogP) is 1.97. The first-order valence-electron chi connectivity index (χ1n) is 3.87. The second-order valence-corrected chi connectivity index (χ2v) is 3.06. The second kappa shape index (κ2) is 3.34. The Hall–Kier alpha value is -1.49. The standard InChI is InChI=1S/C8H6ClFN4/c1-4-5(2-12-14-4)7-6(10)3-11-8(9)13-7/h2-3H,1H3,(H,12,14). The van der Waals surface area contributed by atoms with E-state index in [1.54, 1.807) is 13.1 Å². The highest BCUT2D eigenvalue weighted by atomic mass is 35.5. The molecule has 0 amide bonds. The highest BCUT2D eigenvalue weighted by Gasteiger charge is 2.12. The van der Waals surface area contributed by atoms with Crippen molar-refractivity contribution < 1.29 is 4.39 Å². The molecular formula is C8H6ClFN4. The predicted molar refractivity (Wildman–Crippen MR) is 49.3 cm³/mol. The van der Waals surface area contributed by atoms with Crippen LogP contribution in [0.2, 0.25) is 5.28 Å². The van der Waals surface area contributed by atoms with E-state index in [2.05, 4.69) is 20.2 Å². The van der Waals surface area contributed by atoms with Crippen LogP contribution < -0.4 is 0 Å². The van der Waals surface area contributed by atoms with E-state index in [1.165, 1.54) is 0 Å². The number of aryl methyl sites for hydroxylation is 1. The van der Waals surface area contributed by atoms with Gasteiger partial charge in [0.05, 0.1) is 11.9 Å². The minimum Gasteiger partial charge on any atom is -0.285 e. The summed E-state index contributed by atoms with van der Waals surface area (Å²) in [5, 5.41) is 6.51. The molecule has 1 N–H and O–H groups in total. The third-order valence-corrected chi connectivity index (χ3v) is 1.98. The second-order valence-electron chi connectivity index (χ2n) is 2.72. The Kier molecular flexibility index (Phi) is 2.17. The van der Waals surface area contributed by atoms with Crippen molar-refractivity contribution in [1.29, 1.82) is 0 Å². The van der Waals surface area contributed by atoms with E-state index < -0.39 is 5.82 Å². The lowest BCUT2D eigenvalue weighted by Gasteiger charge is -1.99. The summed E-state index contributed by atoms with van der Waals surface area (Å²) in [6.45, 7) is 1.75. The van der Waals surface area contributed by atoms with Gasteiger partial charge >= 0.3 is 0 Å². The first kappa shape index (κ1) is 9.08. The van der Waals surface area contributed by atoms with Crippen molar-refractivity contribution in [2.24, 2.45) is 0 Å². The van der Waals surface area contributed by atoms with Crippen molar-refractivity contribution >= 4 is 11.6 Å². The Morgan fingerprint density at radius 1 is 1.50 bits per heavy atom. The maximum absolute atomic E-state index is 13.3. The van der Waals surface area contributed by atoms with Crippen LogP contribution in [0.1, 0.15) is 5.69 Å². The van der Waals surface area contributed by atoms with Crippen molar-refractivity contribution in [3.05, 3.63) is 29.2 Å². The van der Waals surface area contributed by atoms with E-state index in [9.17, 15) is 4.39 Å². The highest BCUT2D eigenvalue weighted by Crippen LogP contribution is 2.22. The molecule has 2 rings (SSSR count). The van der Waals surface area contributed by atoms with Crippen LogP contribution in [0.3, 0.4) is 0 Å². The molecule has 0 bridgehead atoms. The van der Waals surface area contributed by atoms with E-state index in [1.807, 2.05) is 0 Å². The maximum atomic E-state index is 13.3. The van der Waals surface area contributed by atoms with Crippen molar-refractivity contribution in [3.63, 3.8) is 0 Å². The van der Waals surface area contributed by atoms with Crippen LogP contribution in [0.15, 0.2) is 12.4 Å². The van der Waals surface area contributed by atoms with E-state index in [0.717, 1.165) is 6.20 Å². The zero-order chi connectivity index (χ0) is 10.1. The fourth-order valence-electron chi connectivity index (χ4n) is 1.13. The number of nitrogens with zero attached hydrogens (tertiary/aromatic N) is 3. The number of nitrogens with one attached hydrogen (secondary N) is 1. The summed E-state index contributed by atoms with van der Waals surface area (Å²) in [5.74, 6) is -0.515. The average molecular weight is 213 g/mol. The topological polar surface area (TPSA) is 54.5 Å². The number of hydrogen-bond donors (Lipinski definition) is 1. The summed E-state index contributed by atoms with van der Waals surface area (Å²) >= 11 is 5.57. The number of H-pyrrole nitrogens is 1. The summed E-state index contributed by atoms with van der Waals surface area (Å²) in [7, 11) is 0. The number of aromatic nitrogens is 4. The molecule has 6 heteroatoms. The molecule has 0 aromatic carbocycles. The zero-order valence-corrected chi connectivity index (χ0v) is 8.01. The van der Waals surface area contributed by atoms with Crippen LogP contribution in [0.4, 0.5) is 4.39 Å². The summed E-state index contributed by atoms with van der Waals surface area (Å²) < 4.78 is 13.3. The lowest BCUT2D eigenvalue weighted by atomic mass is 10.2. The van der Waals surface area contributed by atoms with Crippen LogP contribution in [0, 0.1) is 12.7 Å². The third kappa shape index (κ3) is 1.46. The highest BCUT2D eigenvalue weighted by molar-refractivity contribution is 6.28. The van der Waals surface area contributed by atoms with Crippen LogP contribution in [-0.2, 0) is 0 Å². The molecule has 0 radical (unpaired) electrons. The van der Waals surface area contributed by atoms with Crippen LogP contribution in [-0.4, -0.2) is 20.2 Å². The molecule has 0 aliphatic rings. The Morgan fingerprint density at radius 2 is 2.29 bits per heavy atom. The van der Waals surface area contributed by atoms with Gasteiger partial charge in [0.1, 0.15) is 5.69 Å². The molecule has 72 valence electrons. The zero-order valence-electron chi connectivity index (χ0n) is 7.25. The fraction of sp³-hybridized carbons (Fsp3) is 0.125. The van der Waals surface area contributed by atoms with E-state index in [-0.39, 0.29) is 11.0 Å². The van der Waals surface area contributed by atoms with Crippen molar-refractivity contribution in [2.45, 2.75) is 6.92 Å². The number of aromatic amines is 1. The number of hydrogen-bond acceptors (Lipinski definition) is 3. The van der Waals surface area contributed by atoms with Gasteiger partial charge in [-0.3, -0.25) is 5.10 Å². The molecule has 0 saturated carbocycles. The van der Waals surface area contributed by atoms with Gasteiger partial charge in [-0.15, -0.1) is 0 Å². The van der Waals surface area contributed by atoms with Gasteiger partial charge in [0.15, 0.2) is 5.82 Å². The summed E-state index contributed by atoms with van der Waals surface area (Å²) in [6.07, 6.45) is 2.61. The van der Waals surface area contributed by atoms with E-state index >= 15 is 0 Å². The third-order valence-electron chi connectivity index (χ3n) is 1.80. The van der Waals surface area contributed by atoms with Gasteiger partial charge in [-0.25, -0.2) is 14.4 Å². The minimum absolute atomic E-state index is 0.0157. The monoisotopic (exact) mass is 212 g/mol. The molecule has 14 heavy (non-hydrogen) atoms. The molecule has 2 aromatic heterocycles. The van der Waals surface area contributed by atoms with Crippen LogP contribution in [0.5, 0.6) is 0 Å². The van der Waals surface area contributed by atoms with Gasteiger partial charge in [-0.05, 0) is 18.5 Å². The lowest BCUT2D eigenvalue weighted by molar-refractivity contribution is 0.618. The quantitative estimate of drug-likeness (QED) is 0.736. The van der Waals surface area contributed by atoms with Crippen molar-refractivity contribution in [2.75, 3.05) is 0 Å². The largest absolute Gasteiger partial charge is 0.285 e. The molecular weight excluding hydrogens is 207 g/mol. The van der Waals surface area contributed by atoms with Crippen molar-refractivity contribution in [1.82, 2.24) is 20.2 Å². The number of rotatable bonds is 1. The van der Waals surface area contributed by atoms with Crippen LogP contribution >= 0.6 is 11.6 Å². The molecule has 0 atom stereocenters. The molecule has 0 unspecified atom stereocenters. The van der Waals surface area contributed by atoms with Gasteiger partial charge in [-0.1, -0.05) is 0 Å². The Morgan fingerprint density at radius 3 is 2.93 bits per heavy atom. The summed E-state index contributed by atoms with van der Waals surface area (Å²) in [6, 6.07) is 0. The van der Waals surface area contributed by atoms with Crippen molar-refractivity contribution in [3.8, 4) is 11.3 Å². The Bertz CT molecular complexity index is 468. The first-order valence-corrected chi connectivity index (χ1v) is 4.25. The molecule has 2 heterocycles. The summed E-state index contributed by atoms with van der Waals surface area (Å²) in [5.41, 5.74) is 1.42. The molecule has 0 aliphatic heterocycles. The fourth-order valence-corrected chi connectivity index (χ4v) is 1.27. The van der Waals surface area contributed by atoms with Gasteiger partial charge < -0.3 is 0 Å². The lowest BCUT2D eigenvalue weighted by Crippen LogP contribution is -1.92. The number of halogens is 2. The molecule has 0 spiro atoms. The van der Waals surface area contributed by atoms with Gasteiger partial charge in [-0.2, -0.15) is 5.10 Å². The normalized spacial score (nSPS) is 10.5. The van der Waals surface area contributed by atoms with E-state index in [0.29, 0.717) is 11.3 Å². The van der Waals surface area contributed by atoms with Gasteiger partial charge in [0.25, 0.3) is 0 Å². The van der Waals surface area contributed by atoms with Gasteiger partial charge in [0, 0.05) is 11.8 Å². The van der Waals surface area contributed by atoms with Gasteiger partial charge in [0.2, 0.25) is 5.28 Å². The SMILES string of the molecule is Cc1n[nH]cc1-c1nc(Cl)ncc1F. The van der Waals surface area contributed by atoms with Crippen LogP contribution in [0.25, 0.3) is 11.3 Å². The smallest absolute Gasteiger partial charge is 0.223 e. The molecule has 0 fully saturated rings. The average Bonchev–Trinajstić information content (AvgIpc) is 2.56. The molecule has 4 nitrogen and oxygen atoms in total. The summed E-state index contributed by atoms with van der Waals surface area (Å²) in [4.78, 5) is 7.32. The molecule has 0 aliphatic carbocycles. The molecule has 2 aromatic rings. The minimum atomic E-state index is -0.515. The Labute approximate surface area is 84.2 Å². The Balaban J connectivity index is 2.62. The first-order chi connectivity index (χ1) is 6.68. The van der Waals surface area contributed by atoms with E-state index in [4.69, 9.17) is 11.6 Å². The molecule has 0 saturated heterocycles.